The first-order chi connectivity index (χ1) is 10.8. The van der Waals surface area contributed by atoms with Gasteiger partial charge in [-0.25, -0.2) is 9.78 Å². The molecule has 0 saturated heterocycles. The van der Waals surface area contributed by atoms with Crippen molar-refractivity contribution in [3.8, 4) is 0 Å². The fourth-order valence-corrected chi connectivity index (χ4v) is 3.15. The molecule has 23 heavy (non-hydrogen) atoms. The third-order valence-corrected chi connectivity index (χ3v) is 4.52. The maximum absolute atomic E-state index is 12.4. The van der Waals surface area contributed by atoms with E-state index in [9.17, 15) is 9.59 Å². The highest BCUT2D eigenvalue weighted by atomic mass is 32.1. The predicted octanol–water partition coefficient (Wildman–Crippen LogP) is 2.72. The van der Waals surface area contributed by atoms with Crippen LogP contribution in [0, 0.1) is 6.92 Å². The van der Waals surface area contributed by atoms with Crippen molar-refractivity contribution < 1.29 is 14.3 Å². The number of amides is 1. The Morgan fingerprint density at radius 2 is 1.91 bits per heavy atom. The summed E-state index contributed by atoms with van der Waals surface area (Å²) in [6.45, 7) is 5.01. The SMILES string of the molecule is COC(=O)C(C)(C)NC(=O)c1sc(Cc2ccccc2)nc1C. The minimum atomic E-state index is -1.08. The number of nitrogens with zero attached hydrogens (tertiary/aromatic N) is 1. The number of benzene rings is 1. The summed E-state index contributed by atoms with van der Waals surface area (Å²) in [5, 5.41) is 3.57. The van der Waals surface area contributed by atoms with Crippen LogP contribution < -0.4 is 5.32 Å². The summed E-state index contributed by atoms with van der Waals surface area (Å²) in [5.74, 6) is -0.799. The molecule has 0 aliphatic rings. The molecule has 6 heteroatoms. The summed E-state index contributed by atoms with van der Waals surface area (Å²) in [6, 6.07) is 9.96. The second-order valence-electron chi connectivity index (χ2n) is 5.76. The van der Waals surface area contributed by atoms with Gasteiger partial charge in [0.25, 0.3) is 5.91 Å². The van der Waals surface area contributed by atoms with E-state index in [0.29, 0.717) is 17.0 Å². The minimum Gasteiger partial charge on any atom is -0.467 e. The van der Waals surface area contributed by atoms with Crippen LogP contribution in [0.1, 0.15) is 39.8 Å². The molecule has 1 N–H and O–H groups in total. The van der Waals surface area contributed by atoms with Gasteiger partial charge in [-0.1, -0.05) is 30.3 Å². The second-order valence-corrected chi connectivity index (χ2v) is 6.84. The molecule has 0 radical (unpaired) electrons. The normalized spacial score (nSPS) is 11.1. The van der Waals surface area contributed by atoms with Gasteiger partial charge in [0.05, 0.1) is 17.8 Å². The summed E-state index contributed by atoms with van der Waals surface area (Å²) in [7, 11) is 1.30. The van der Waals surface area contributed by atoms with Gasteiger partial charge in [0.1, 0.15) is 10.4 Å². The molecule has 0 atom stereocenters. The van der Waals surface area contributed by atoms with Gasteiger partial charge in [-0.15, -0.1) is 11.3 Å². The first kappa shape index (κ1) is 17.1. The first-order valence-electron chi connectivity index (χ1n) is 7.24. The van der Waals surface area contributed by atoms with Crippen molar-refractivity contribution >= 4 is 23.2 Å². The van der Waals surface area contributed by atoms with Gasteiger partial charge >= 0.3 is 5.97 Å². The molecule has 0 aliphatic heterocycles. The average molecular weight is 332 g/mol. The standard InChI is InChI=1S/C17H20N2O3S/c1-11-14(15(20)19-17(2,3)16(21)22-4)23-13(18-11)10-12-8-6-5-7-9-12/h5-9H,10H2,1-4H3,(H,19,20). The van der Waals surface area contributed by atoms with Crippen molar-refractivity contribution in [2.45, 2.75) is 32.7 Å². The Kier molecular flexibility index (Phi) is 5.15. The fourth-order valence-electron chi connectivity index (χ4n) is 2.16. The second kappa shape index (κ2) is 6.91. The number of hydrogen-bond acceptors (Lipinski definition) is 5. The van der Waals surface area contributed by atoms with E-state index in [1.165, 1.54) is 18.4 Å². The summed E-state index contributed by atoms with van der Waals surface area (Å²) in [5.41, 5.74) is 0.726. The van der Waals surface area contributed by atoms with E-state index >= 15 is 0 Å². The van der Waals surface area contributed by atoms with Crippen molar-refractivity contribution in [1.29, 1.82) is 0 Å². The number of aromatic nitrogens is 1. The van der Waals surface area contributed by atoms with Crippen molar-refractivity contribution in [3.63, 3.8) is 0 Å². The van der Waals surface area contributed by atoms with Gasteiger partial charge in [0.15, 0.2) is 0 Å². The predicted molar refractivity (Wildman–Crippen MR) is 89.7 cm³/mol. The number of thiazole rings is 1. The number of methoxy groups -OCH3 is 1. The van der Waals surface area contributed by atoms with E-state index < -0.39 is 11.5 Å². The molecule has 0 spiro atoms. The summed E-state index contributed by atoms with van der Waals surface area (Å²) >= 11 is 1.35. The monoisotopic (exact) mass is 332 g/mol. The van der Waals surface area contributed by atoms with Crippen LogP contribution in [0.2, 0.25) is 0 Å². The molecule has 0 fully saturated rings. The Morgan fingerprint density at radius 3 is 2.52 bits per heavy atom. The molecule has 1 amide bonds. The number of aryl methyl sites for hydroxylation is 1. The molecule has 1 aromatic carbocycles. The number of hydrogen-bond donors (Lipinski definition) is 1. The van der Waals surface area contributed by atoms with E-state index in [-0.39, 0.29) is 5.91 Å². The van der Waals surface area contributed by atoms with E-state index in [1.54, 1.807) is 20.8 Å². The van der Waals surface area contributed by atoms with Crippen LogP contribution in [-0.2, 0) is 16.0 Å². The van der Waals surface area contributed by atoms with Crippen LogP contribution in [0.4, 0.5) is 0 Å². The molecule has 0 unspecified atom stereocenters. The summed E-state index contributed by atoms with van der Waals surface area (Å²) in [4.78, 5) is 29.1. The lowest BCUT2D eigenvalue weighted by Gasteiger charge is -2.22. The largest absolute Gasteiger partial charge is 0.467 e. The van der Waals surface area contributed by atoms with Gasteiger partial charge < -0.3 is 10.1 Å². The quantitative estimate of drug-likeness (QED) is 0.855. The zero-order chi connectivity index (χ0) is 17.0. The number of carbonyl (C=O) groups is 2. The van der Waals surface area contributed by atoms with E-state index in [2.05, 4.69) is 10.3 Å². The lowest BCUT2D eigenvalue weighted by atomic mass is 10.1. The molecular weight excluding hydrogens is 312 g/mol. The zero-order valence-electron chi connectivity index (χ0n) is 13.7. The Balaban J connectivity index is 2.14. The topological polar surface area (TPSA) is 68.3 Å². The first-order valence-corrected chi connectivity index (χ1v) is 8.06. The number of ether oxygens (including phenoxy) is 1. The van der Waals surface area contributed by atoms with Crippen LogP contribution in [-0.4, -0.2) is 29.5 Å². The van der Waals surface area contributed by atoms with Crippen molar-refractivity contribution in [2.24, 2.45) is 0 Å². The van der Waals surface area contributed by atoms with Gasteiger partial charge in [-0.2, -0.15) is 0 Å². The Morgan fingerprint density at radius 1 is 1.26 bits per heavy atom. The fraction of sp³-hybridized carbons (Fsp3) is 0.353. The van der Waals surface area contributed by atoms with Gasteiger partial charge in [-0.05, 0) is 26.3 Å². The van der Waals surface area contributed by atoms with Crippen molar-refractivity contribution in [3.05, 3.63) is 51.5 Å². The van der Waals surface area contributed by atoms with Gasteiger partial charge in [0, 0.05) is 6.42 Å². The Labute approximate surface area is 139 Å². The third kappa shape index (κ3) is 4.16. The Hall–Kier alpha value is -2.21. The number of nitrogens with one attached hydrogen (secondary N) is 1. The average Bonchev–Trinajstić information content (AvgIpc) is 2.87. The zero-order valence-corrected chi connectivity index (χ0v) is 14.5. The van der Waals surface area contributed by atoms with Crippen LogP contribution >= 0.6 is 11.3 Å². The highest BCUT2D eigenvalue weighted by molar-refractivity contribution is 7.13. The van der Waals surface area contributed by atoms with Crippen molar-refractivity contribution in [2.75, 3.05) is 7.11 Å². The number of rotatable bonds is 5. The van der Waals surface area contributed by atoms with Crippen LogP contribution in [0.15, 0.2) is 30.3 Å². The van der Waals surface area contributed by atoms with Gasteiger partial charge in [0.2, 0.25) is 0 Å². The lowest BCUT2D eigenvalue weighted by Crippen LogP contribution is -2.50. The summed E-state index contributed by atoms with van der Waals surface area (Å²) < 4.78 is 4.70. The molecule has 0 aliphatic carbocycles. The molecule has 1 heterocycles. The maximum Gasteiger partial charge on any atom is 0.330 e. The number of esters is 1. The third-order valence-electron chi connectivity index (χ3n) is 3.37. The molecule has 122 valence electrons. The smallest absolute Gasteiger partial charge is 0.330 e. The molecular formula is C17H20N2O3S. The highest BCUT2D eigenvalue weighted by Crippen LogP contribution is 2.21. The molecule has 1 aromatic heterocycles. The maximum atomic E-state index is 12.4. The molecule has 5 nitrogen and oxygen atoms in total. The number of carbonyl (C=O) groups excluding carboxylic acids is 2. The van der Waals surface area contributed by atoms with E-state index in [0.717, 1.165) is 10.6 Å². The van der Waals surface area contributed by atoms with E-state index in [4.69, 9.17) is 4.74 Å². The van der Waals surface area contributed by atoms with Gasteiger partial charge in [-0.3, -0.25) is 4.79 Å². The van der Waals surface area contributed by atoms with Crippen LogP contribution in [0.3, 0.4) is 0 Å². The summed E-state index contributed by atoms with van der Waals surface area (Å²) in [6.07, 6.45) is 0.681. The molecule has 2 rings (SSSR count). The van der Waals surface area contributed by atoms with E-state index in [1.807, 2.05) is 30.3 Å². The lowest BCUT2D eigenvalue weighted by molar-refractivity contribution is -0.146. The molecule has 2 aromatic rings. The van der Waals surface area contributed by atoms with Crippen LogP contribution in [0.25, 0.3) is 0 Å². The van der Waals surface area contributed by atoms with Crippen LogP contribution in [0.5, 0.6) is 0 Å². The minimum absolute atomic E-state index is 0.310. The highest BCUT2D eigenvalue weighted by Gasteiger charge is 2.32. The molecule has 0 bridgehead atoms. The molecule has 0 saturated carbocycles. The van der Waals surface area contributed by atoms with Crippen molar-refractivity contribution in [1.82, 2.24) is 10.3 Å². The Bertz CT molecular complexity index is 708.